The molecule has 3 atom stereocenters. The van der Waals surface area contributed by atoms with E-state index in [1.807, 2.05) is 0 Å². The molecule has 1 N–H and O–H groups in total. The van der Waals surface area contributed by atoms with E-state index in [1.54, 1.807) is 0 Å². The molecule has 2 heteroatoms. The van der Waals surface area contributed by atoms with Gasteiger partial charge in [-0.05, 0) is 58.7 Å². The molecule has 0 heterocycles. The van der Waals surface area contributed by atoms with E-state index >= 15 is 0 Å². The first-order valence-corrected chi connectivity index (χ1v) is 7.59. The smallest absolute Gasteiger partial charge is 0.0121 e. The van der Waals surface area contributed by atoms with Crippen molar-refractivity contribution >= 4 is 0 Å². The van der Waals surface area contributed by atoms with Crippen molar-refractivity contribution in [1.82, 2.24) is 10.2 Å². The molecule has 102 valence electrons. The van der Waals surface area contributed by atoms with Crippen LogP contribution < -0.4 is 5.32 Å². The van der Waals surface area contributed by atoms with Crippen LogP contribution in [0.1, 0.15) is 59.3 Å². The second-order valence-corrected chi connectivity index (χ2v) is 5.88. The molecule has 0 aromatic carbocycles. The number of rotatable bonds is 7. The maximum atomic E-state index is 3.51. The molecular weight excluding hydrogens is 208 g/mol. The van der Waals surface area contributed by atoms with Crippen molar-refractivity contribution in [2.24, 2.45) is 5.92 Å². The van der Waals surface area contributed by atoms with Gasteiger partial charge in [0.05, 0.1) is 0 Å². The normalized spacial score (nSPS) is 27.4. The highest BCUT2D eigenvalue weighted by Crippen LogP contribution is 2.28. The van der Waals surface area contributed by atoms with E-state index in [0.29, 0.717) is 6.04 Å². The van der Waals surface area contributed by atoms with Gasteiger partial charge in [0, 0.05) is 12.1 Å². The first-order chi connectivity index (χ1) is 8.16. The molecule has 1 aliphatic carbocycles. The summed E-state index contributed by atoms with van der Waals surface area (Å²) < 4.78 is 0. The van der Waals surface area contributed by atoms with Crippen LogP contribution in [0.3, 0.4) is 0 Å². The summed E-state index contributed by atoms with van der Waals surface area (Å²) >= 11 is 0. The minimum atomic E-state index is 0.713. The SMILES string of the molecule is CCCNCCC(C)N(C)C1CCCCC1C. The van der Waals surface area contributed by atoms with Gasteiger partial charge in [-0.3, -0.25) is 0 Å². The average Bonchev–Trinajstić information content (AvgIpc) is 2.34. The first-order valence-electron chi connectivity index (χ1n) is 7.59. The quantitative estimate of drug-likeness (QED) is 0.687. The summed E-state index contributed by atoms with van der Waals surface area (Å²) in [5.74, 6) is 0.889. The minimum Gasteiger partial charge on any atom is -0.317 e. The lowest BCUT2D eigenvalue weighted by Gasteiger charge is -2.39. The highest BCUT2D eigenvalue weighted by molar-refractivity contribution is 4.82. The van der Waals surface area contributed by atoms with Crippen molar-refractivity contribution in [3.63, 3.8) is 0 Å². The lowest BCUT2D eigenvalue weighted by molar-refractivity contribution is 0.0996. The molecule has 3 unspecified atom stereocenters. The van der Waals surface area contributed by atoms with Crippen LogP contribution in [-0.2, 0) is 0 Å². The van der Waals surface area contributed by atoms with Crippen molar-refractivity contribution < 1.29 is 0 Å². The molecular formula is C15H32N2. The third-order valence-electron chi connectivity index (χ3n) is 4.45. The van der Waals surface area contributed by atoms with E-state index in [1.165, 1.54) is 45.1 Å². The summed E-state index contributed by atoms with van der Waals surface area (Å²) in [6, 6.07) is 1.54. The minimum absolute atomic E-state index is 0.713. The second kappa shape index (κ2) is 8.10. The maximum absolute atomic E-state index is 3.51. The molecule has 2 nitrogen and oxygen atoms in total. The zero-order valence-electron chi connectivity index (χ0n) is 12.3. The molecule has 1 fully saturated rings. The van der Waals surface area contributed by atoms with E-state index in [4.69, 9.17) is 0 Å². The number of nitrogens with one attached hydrogen (secondary N) is 1. The van der Waals surface area contributed by atoms with Gasteiger partial charge >= 0.3 is 0 Å². The lowest BCUT2D eigenvalue weighted by Crippen LogP contribution is -2.44. The Morgan fingerprint density at radius 3 is 2.59 bits per heavy atom. The van der Waals surface area contributed by atoms with Crippen LogP contribution in [0.25, 0.3) is 0 Å². The fourth-order valence-electron chi connectivity index (χ4n) is 3.04. The second-order valence-electron chi connectivity index (χ2n) is 5.88. The van der Waals surface area contributed by atoms with E-state index in [-0.39, 0.29) is 0 Å². The standard InChI is InChI=1S/C15H32N2/c1-5-11-16-12-10-14(3)17(4)15-9-7-6-8-13(15)2/h13-16H,5-12H2,1-4H3. The van der Waals surface area contributed by atoms with E-state index in [2.05, 4.69) is 38.0 Å². The van der Waals surface area contributed by atoms with Crippen LogP contribution in [0, 0.1) is 5.92 Å². The zero-order valence-corrected chi connectivity index (χ0v) is 12.3. The summed E-state index contributed by atoms with van der Waals surface area (Å²) in [7, 11) is 2.33. The number of hydrogen-bond donors (Lipinski definition) is 1. The Bertz CT molecular complexity index is 193. The van der Waals surface area contributed by atoms with Gasteiger partial charge in [0.2, 0.25) is 0 Å². The fourth-order valence-corrected chi connectivity index (χ4v) is 3.04. The van der Waals surface area contributed by atoms with Gasteiger partial charge < -0.3 is 10.2 Å². The molecule has 0 aromatic heterocycles. The van der Waals surface area contributed by atoms with E-state index in [9.17, 15) is 0 Å². The monoisotopic (exact) mass is 240 g/mol. The van der Waals surface area contributed by atoms with Gasteiger partial charge in [-0.15, -0.1) is 0 Å². The van der Waals surface area contributed by atoms with Crippen molar-refractivity contribution in [3.05, 3.63) is 0 Å². The third kappa shape index (κ3) is 4.97. The fraction of sp³-hybridized carbons (Fsp3) is 1.00. The van der Waals surface area contributed by atoms with Gasteiger partial charge in [0.15, 0.2) is 0 Å². The van der Waals surface area contributed by atoms with Crippen LogP contribution in [0.15, 0.2) is 0 Å². The van der Waals surface area contributed by atoms with Crippen LogP contribution >= 0.6 is 0 Å². The molecule has 0 aliphatic heterocycles. The average molecular weight is 240 g/mol. The van der Waals surface area contributed by atoms with E-state index in [0.717, 1.165) is 18.5 Å². The van der Waals surface area contributed by atoms with Gasteiger partial charge in [-0.25, -0.2) is 0 Å². The zero-order chi connectivity index (χ0) is 12.7. The Kier molecular flexibility index (Phi) is 7.14. The Morgan fingerprint density at radius 2 is 1.94 bits per heavy atom. The predicted octanol–water partition coefficient (Wildman–Crippen LogP) is 3.28. The predicted molar refractivity (Wildman–Crippen MR) is 76.4 cm³/mol. The van der Waals surface area contributed by atoms with Crippen molar-refractivity contribution in [1.29, 1.82) is 0 Å². The summed E-state index contributed by atoms with van der Waals surface area (Å²) in [4.78, 5) is 2.64. The Labute approximate surface area is 108 Å². The topological polar surface area (TPSA) is 15.3 Å². The van der Waals surface area contributed by atoms with Crippen molar-refractivity contribution in [2.75, 3.05) is 20.1 Å². The molecule has 1 rings (SSSR count). The highest BCUT2D eigenvalue weighted by Gasteiger charge is 2.27. The molecule has 1 saturated carbocycles. The largest absolute Gasteiger partial charge is 0.317 e. The van der Waals surface area contributed by atoms with Gasteiger partial charge in [0.1, 0.15) is 0 Å². The van der Waals surface area contributed by atoms with Crippen LogP contribution in [-0.4, -0.2) is 37.1 Å². The van der Waals surface area contributed by atoms with Gasteiger partial charge in [0.25, 0.3) is 0 Å². The van der Waals surface area contributed by atoms with E-state index < -0.39 is 0 Å². The molecule has 0 saturated heterocycles. The molecule has 0 aromatic rings. The summed E-state index contributed by atoms with van der Waals surface area (Å²) in [6.07, 6.45) is 8.22. The molecule has 17 heavy (non-hydrogen) atoms. The van der Waals surface area contributed by atoms with Gasteiger partial charge in [-0.1, -0.05) is 26.7 Å². The number of nitrogens with zero attached hydrogens (tertiary/aromatic N) is 1. The Hall–Kier alpha value is -0.0800. The lowest BCUT2D eigenvalue weighted by atomic mass is 9.84. The van der Waals surface area contributed by atoms with Crippen LogP contribution in [0.4, 0.5) is 0 Å². The summed E-state index contributed by atoms with van der Waals surface area (Å²) in [5, 5.41) is 3.51. The van der Waals surface area contributed by atoms with Crippen LogP contribution in [0.2, 0.25) is 0 Å². The molecule has 0 amide bonds. The molecule has 0 radical (unpaired) electrons. The molecule has 1 aliphatic rings. The summed E-state index contributed by atoms with van der Waals surface area (Å²) in [6.45, 7) is 9.38. The molecule has 0 bridgehead atoms. The van der Waals surface area contributed by atoms with Crippen molar-refractivity contribution in [3.8, 4) is 0 Å². The highest BCUT2D eigenvalue weighted by atomic mass is 15.2. The van der Waals surface area contributed by atoms with Crippen LogP contribution in [0.5, 0.6) is 0 Å². The Balaban J connectivity index is 2.26. The number of hydrogen-bond acceptors (Lipinski definition) is 2. The van der Waals surface area contributed by atoms with Crippen molar-refractivity contribution in [2.45, 2.75) is 71.4 Å². The van der Waals surface area contributed by atoms with Gasteiger partial charge in [-0.2, -0.15) is 0 Å². The third-order valence-corrected chi connectivity index (χ3v) is 4.45. The summed E-state index contributed by atoms with van der Waals surface area (Å²) in [5.41, 5.74) is 0. The Morgan fingerprint density at radius 1 is 1.24 bits per heavy atom. The maximum Gasteiger partial charge on any atom is 0.0121 e. The molecule has 0 spiro atoms. The first kappa shape index (κ1) is 15.0.